The topological polar surface area (TPSA) is 63.6 Å². The van der Waals surface area contributed by atoms with E-state index in [-0.39, 0.29) is 18.5 Å². The Bertz CT molecular complexity index is 645. The second-order valence-electron chi connectivity index (χ2n) is 9.88. The Morgan fingerprint density at radius 2 is 1.11 bits per heavy atom. The number of aliphatic carboxylic acids is 1. The molecule has 0 bridgehead atoms. The van der Waals surface area contributed by atoms with Gasteiger partial charge in [-0.05, 0) is 64.2 Å². The first-order chi connectivity index (χ1) is 18.1. The van der Waals surface area contributed by atoms with Crippen LogP contribution in [0.5, 0.6) is 0 Å². The molecule has 0 aromatic heterocycles. The van der Waals surface area contributed by atoms with Crippen LogP contribution in [0, 0.1) is 0 Å². The van der Waals surface area contributed by atoms with Crippen molar-refractivity contribution in [1.82, 2.24) is 0 Å². The number of unbranched alkanes of at least 4 members (excludes halogenated alkanes) is 10. The molecule has 0 aliphatic heterocycles. The highest BCUT2D eigenvalue weighted by molar-refractivity contribution is 5.69. The van der Waals surface area contributed by atoms with E-state index in [0.29, 0.717) is 19.3 Å². The Hall–Kier alpha value is -2.10. The molecule has 0 aromatic rings. The summed E-state index contributed by atoms with van der Waals surface area (Å²) < 4.78 is 5.49. The van der Waals surface area contributed by atoms with Crippen LogP contribution in [0.3, 0.4) is 0 Å². The summed E-state index contributed by atoms with van der Waals surface area (Å²) in [6, 6.07) is 0. The molecule has 0 amide bonds. The fourth-order valence-electron chi connectivity index (χ4n) is 4.12. The molecule has 0 rings (SSSR count). The number of carboxylic acid groups (broad SMARTS) is 1. The van der Waals surface area contributed by atoms with Crippen molar-refractivity contribution >= 4 is 11.9 Å². The summed E-state index contributed by atoms with van der Waals surface area (Å²) in [5.41, 5.74) is 0. The van der Waals surface area contributed by atoms with E-state index < -0.39 is 5.97 Å². The molecule has 1 unspecified atom stereocenters. The molecule has 0 saturated carbocycles. The van der Waals surface area contributed by atoms with Gasteiger partial charge in [-0.15, -0.1) is 0 Å². The average Bonchev–Trinajstić information content (AvgIpc) is 2.88. The van der Waals surface area contributed by atoms with E-state index in [1.54, 1.807) is 0 Å². The highest BCUT2D eigenvalue weighted by Gasteiger charge is 2.12. The molecule has 37 heavy (non-hydrogen) atoms. The first-order valence-corrected chi connectivity index (χ1v) is 15.1. The molecule has 0 heterocycles. The molecule has 212 valence electrons. The van der Waals surface area contributed by atoms with Crippen LogP contribution in [-0.4, -0.2) is 23.1 Å². The molecule has 4 nitrogen and oxygen atoms in total. The maximum Gasteiger partial charge on any atom is 0.306 e. The third-order valence-electron chi connectivity index (χ3n) is 6.39. The van der Waals surface area contributed by atoms with E-state index in [1.807, 2.05) is 6.92 Å². The van der Waals surface area contributed by atoms with Crippen LogP contribution < -0.4 is 0 Å². The van der Waals surface area contributed by atoms with E-state index in [4.69, 9.17) is 9.84 Å². The lowest BCUT2D eigenvalue weighted by Gasteiger charge is -2.15. The van der Waals surface area contributed by atoms with Gasteiger partial charge in [0.25, 0.3) is 0 Å². The van der Waals surface area contributed by atoms with Crippen LogP contribution in [0.2, 0.25) is 0 Å². The van der Waals surface area contributed by atoms with Crippen molar-refractivity contribution in [1.29, 1.82) is 0 Å². The largest absolute Gasteiger partial charge is 0.481 e. The Labute approximate surface area is 228 Å². The normalized spacial score (nSPS) is 12.9. The molecule has 0 radical (unpaired) electrons. The number of carboxylic acids is 1. The minimum atomic E-state index is -0.793. The minimum Gasteiger partial charge on any atom is -0.481 e. The molecule has 4 heteroatoms. The first-order valence-electron chi connectivity index (χ1n) is 15.1. The lowest BCUT2D eigenvalue weighted by Crippen LogP contribution is -2.17. The van der Waals surface area contributed by atoms with Gasteiger partial charge in [0.1, 0.15) is 6.10 Å². The van der Waals surface area contributed by atoms with Crippen LogP contribution in [0.1, 0.15) is 142 Å². The van der Waals surface area contributed by atoms with Gasteiger partial charge in [0.15, 0.2) is 0 Å². The van der Waals surface area contributed by atoms with Gasteiger partial charge in [0, 0.05) is 12.8 Å². The number of hydrogen-bond acceptors (Lipinski definition) is 3. The van der Waals surface area contributed by atoms with Crippen LogP contribution in [0.4, 0.5) is 0 Å². The van der Waals surface area contributed by atoms with Crippen LogP contribution >= 0.6 is 0 Å². The quantitative estimate of drug-likeness (QED) is 0.0705. The average molecular weight is 517 g/mol. The number of ether oxygens (including phenoxy) is 1. The number of carbonyl (C=O) groups excluding carboxylic acids is 1. The Morgan fingerprint density at radius 1 is 0.622 bits per heavy atom. The smallest absolute Gasteiger partial charge is 0.306 e. The van der Waals surface area contributed by atoms with E-state index >= 15 is 0 Å². The third kappa shape index (κ3) is 28.3. The van der Waals surface area contributed by atoms with E-state index in [0.717, 1.165) is 44.9 Å². The fraction of sp³-hybridized carbons (Fsp3) is 0.697. The summed E-state index contributed by atoms with van der Waals surface area (Å²) in [5, 5.41) is 8.71. The lowest BCUT2D eigenvalue weighted by molar-refractivity contribution is -0.149. The number of hydrogen-bond donors (Lipinski definition) is 1. The van der Waals surface area contributed by atoms with Crippen molar-refractivity contribution in [2.75, 3.05) is 0 Å². The van der Waals surface area contributed by atoms with Gasteiger partial charge in [-0.25, -0.2) is 0 Å². The number of esters is 1. The van der Waals surface area contributed by atoms with Crippen molar-refractivity contribution in [2.24, 2.45) is 0 Å². The molecule has 0 aromatic carbocycles. The summed E-state index contributed by atoms with van der Waals surface area (Å²) in [6.45, 7) is 4.14. The van der Waals surface area contributed by atoms with E-state index in [1.165, 1.54) is 57.8 Å². The minimum absolute atomic E-state index is 0.132. The lowest BCUT2D eigenvalue weighted by atomic mass is 10.0. The molecule has 0 spiro atoms. The Morgan fingerprint density at radius 3 is 1.62 bits per heavy atom. The summed E-state index contributed by atoms with van der Waals surface area (Å²) in [4.78, 5) is 22.6. The Kier molecular flexibility index (Phi) is 26.9. The summed E-state index contributed by atoms with van der Waals surface area (Å²) in [5.74, 6) is -0.925. The van der Waals surface area contributed by atoms with Gasteiger partial charge in [-0.2, -0.15) is 0 Å². The van der Waals surface area contributed by atoms with Gasteiger partial charge in [-0.3, -0.25) is 9.59 Å². The molecule has 1 N–H and O–H groups in total. The van der Waals surface area contributed by atoms with Crippen LogP contribution in [-0.2, 0) is 14.3 Å². The standard InChI is InChI=1S/C33H56O4/c1-3-5-6-7-8-9-10-11-12-13-14-15-16-17-18-19-20-21-22-23-24-25-26-30-33(36)37-31(4-2)28-27-29-32(34)35/h5-6,8-9,11-12,14-15,31H,3-4,7,10,13,16-30H2,1-2H3,(H,34,35)/b6-5-,9-8-,12-11-,15-14-. The summed E-state index contributed by atoms with van der Waals surface area (Å²) >= 11 is 0. The highest BCUT2D eigenvalue weighted by atomic mass is 16.5. The zero-order valence-corrected chi connectivity index (χ0v) is 24.0. The van der Waals surface area contributed by atoms with Crippen LogP contribution in [0.25, 0.3) is 0 Å². The highest BCUT2D eigenvalue weighted by Crippen LogP contribution is 2.14. The SMILES string of the molecule is CC/C=C\C/C=C\C/C=C\C/C=C\CCCCCCCCCCCCC(=O)OC(CC)CCCC(=O)O. The maximum absolute atomic E-state index is 12.0. The number of allylic oxidation sites excluding steroid dienone is 8. The molecule has 0 fully saturated rings. The maximum atomic E-state index is 12.0. The van der Waals surface area contributed by atoms with Crippen LogP contribution in [0.15, 0.2) is 48.6 Å². The van der Waals surface area contributed by atoms with Gasteiger partial charge in [0.05, 0.1) is 0 Å². The predicted molar refractivity (Wildman–Crippen MR) is 158 cm³/mol. The van der Waals surface area contributed by atoms with Crippen molar-refractivity contribution in [2.45, 2.75) is 148 Å². The second-order valence-corrected chi connectivity index (χ2v) is 9.88. The molecule has 0 saturated heterocycles. The predicted octanol–water partition coefficient (Wildman–Crippen LogP) is 10.0. The molecule has 1 atom stereocenters. The summed E-state index contributed by atoms with van der Waals surface area (Å²) in [7, 11) is 0. The van der Waals surface area contributed by atoms with E-state index in [9.17, 15) is 9.59 Å². The van der Waals surface area contributed by atoms with Gasteiger partial charge in [0.2, 0.25) is 0 Å². The van der Waals surface area contributed by atoms with Crippen molar-refractivity contribution in [3.63, 3.8) is 0 Å². The first kappa shape index (κ1) is 34.9. The molecular weight excluding hydrogens is 460 g/mol. The third-order valence-corrected chi connectivity index (χ3v) is 6.39. The monoisotopic (exact) mass is 516 g/mol. The van der Waals surface area contributed by atoms with Gasteiger partial charge < -0.3 is 9.84 Å². The zero-order chi connectivity index (χ0) is 27.2. The fourth-order valence-corrected chi connectivity index (χ4v) is 4.12. The molecular formula is C33H56O4. The van der Waals surface area contributed by atoms with Gasteiger partial charge in [-0.1, -0.05) is 114 Å². The van der Waals surface area contributed by atoms with Crippen molar-refractivity contribution in [3.05, 3.63) is 48.6 Å². The Balaban J connectivity index is 3.42. The summed E-state index contributed by atoms with van der Waals surface area (Å²) in [6.07, 6.45) is 38.2. The molecule has 0 aliphatic carbocycles. The van der Waals surface area contributed by atoms with Crippen molar-refractivity contribution in [3.8, 4) is 0 Å². The number of rotatable bonds is 26. The van der Waals surface area contributed by atoms with Crippen molar-refractivity contribution < 1.29 is 19.4 Å². The van der Waals surface area contributed by atoms with Gasteiger partial charge >= 0.3 is 11.9 Å². The molecule has 0 aliphatic rings. The second kappa shape index (κ2) is 28.5. The zero-order valence-electron chi connectivity index (χ0n) is 24.0. The van der Waals surface area contributed by atoms with E-state index in [2.05, 4.69) is 55.5 Å². The number of carbonyl (C=O) groups is 2.